The number of hydrogen-bond donors (Lipinski definition) is 0. The van der Waals surface area contributed by atoms with E-state index >= 15 is 0 Å². The first-order valence-electron chi connectivity index (χ1n) is 12.3. The molecule has 1 nitrogen and oxygen atoms in total. The van der Waals surface area contributed by atoms with E-state index in [-0.39, 0.29) is 5.75 Å². The number of ether oxygens (including phenoxy) is 1. The van der Waals surface area contributed by atoms with Crippen LogP contribution >= 0.6 is 0 Å². The van der Waals surface area contributed by atoms with Gasteiger partial charge < -0.3 is 4.74 Å². The molecule has 3 aromatic carbocycles. The highest BCUT2D eigenvalue weighted by atomic mass is 19.2. The fourth-order valence-corrected chi connectivity index (χ4v) is 5.11. The molecule has 1 aliphatic rings. The zero-order chi connectivity index (χ0) is 23.2. The van der Waals surface area contributed by atoms with Crippen molar-refractivity contribution in [3.05, 3.63) is 89.0 Å². The van der Waals surface area contributed by atoms with Crippen LogP contribution in [0.4, 0.5) is 8.78 Å². The van der Waals surface area contributed by atoms with E-state index in [2.05, 4.69) is 55.5 Å². The smallest absolute Gasteiger partial charge is 0.200 e. The van der Waals surface area contributed by atoms with Gasteiger partial charge in [-0.05, 0) is 90.3 Å². The zero-order valence-electron chi connectivity index (χ0n) is 19.7. The van der Waals surface area contributed by atoms with E-state index in [4.69, 9.17) is 4.74 Å². The predicted octanol–water partition coefficient (Wildman–Crippen LogP) is 8.54. The van der Waals surface area contributed by atoms with Gasteiger partial charge in [0, 0.05) is 0 Å². The van der Waals surface area contributed by atoms with E-state index in [1.807, 2.05) is 0 Å². The molecule has 3 aromatic rings. The first kappa shape index (κ1) is 23.5. The number of rotatable bonds is 8. The third-order valence-electron chi connectivity index (χ3n) is 7.05. The van der Waals surface area contributed by atoms with Gasteiger partial charge in [0.15, 0.2) is 11.6 Å². The summed E-state index contributed by atoms with van der Waals surface area (Å²) >= 11 is 0. The Bertz CT molecular complexity index is 1110. The maximum Gasteiger partial charge on any atom is 0.200 e. The van der Waals surface area contributed by atoms with Crippen molar-refractivity contribution in [2.24, 2.45) is 5.92 Å². The van der Waals surface area contributed by atoms with Crippen molar-refractivity contribution in [2.75, 3.05) is 7.11 Å². The minimum atomic E-state index is -0.896. The van der Waals surface area contributed by atoms with Gasteiger partial charge in [0.25, 0.3) is 0 Å². The minimum absolute atomic E-state index is 0.0452. The summed E-state index contributed by atoms with van der Waals surface area (Å²) in [6, 6.07) is 17.0. The highest BCUT2D eigenvalue weighted by Gasteiger charge is 2.21. The molecule has 0 N–H and O–H groups in total. The Morgan fingerprint density at radius 3 is 2.39 bits per heavy atom. The van der Waals surface area contributed by atoms with Crippen molar-refractivity contribution >= 4 is 10.8 Å². The Labute approximate surface area is 196 Å². The lowest BCUT2D eigenvalue weighted by atomic mass is 9.78. The minimum Gasteiger partial charge on any atom is -0.494 e. The Morgan fingerprint density at radius 1 is 0.879 bits per heavy atom. The van der Waals surface area contributed by atoms with Gasteiger partial charge in [0.2, 0.25) is 5.82 Å². The first-order valence-corrected chi connectivity index (χ1v) is 12.3. The van der Waals surface area contributed by atoms with E-state index in [1.54, 1.807) is 6.07 Å². The van der Waals surface area contributed by atoms with Crippen molar-refractivity contribution in [3.8, 4) is 5.75 Å². The number of allylic oxidation sites excluding steroid dienone is 2. The second kappa shape index (κ2) is 11.0. The number of fused-ring (bicyclic) bond motifs is 1. The predicted molar refractivity (Wildman–Crippen MR) is 133 cm³/mol. The highest BCUT2D eigenvalue weighted by molar-refractivity contribution is 5.84. The number of halogens is 2. The summed E-state index contributed by atoms with van der Waals surface area (Å²) in [5.74, 6) is -0.523. The lowest BCUT2D eigenvalue weighted by Crippen LogP contribution is -2.11. The summed E-state index contributed by atoms with van der Waals surface area (Å²) in [4.78, 5) is 0. The molecule has 0 aliphatic heterocycles. The van der Waals surface area contributed by atoms with Crippen LogP contribution in [0.5, 0.6) is 5.75 Å². The van der Waals surface area contributed by atoms with Crippen molar-refractivity contribution in [1.82, 2.24) is 0 Å². The molecule has 0 amide bonds. The van der Waals surface area contributed by atoms with Crippen molar-refractivity contribution in [1.29, 1.82) is 0 Å². The fraction of sp³-hybridized carbons (Fsp3) is 0.400. The SMILES string of the molecule is CCCc1ccc2cc(C3CCC(/C=C/CCc4ccc(OC)c(F)c4F)CC3)ccc2c1. The molecule has 0 heterocycles. The van der Waals surface area contributed by atoms with Crippen LogP contribution < -0.4 is 4.74 Å². The molecule has 0 spiro atoms. The van der Waals surface area contributed by atoms with Crippen molar-refractivity contribution < 1.29 is 13.5 Å². The molecule has 33 heavy (non-hydrogen) atoms. The standard InChI is InChI=1S/C30H34F2O/c1-3-6-22-11-14-27-20-26(16-15-25(27)19-22)23-12-9-21(10-13-23)7-4-5-8-24-17-18-28(33-2)30(32)29(24)31/h4,7,11,14-21,23H,3,5-6,8-10,12-13H2,1-2H3/b7-4+. The van der Waals surface area contributed by atoms with Crippen LogP contribution in [-0.4, -0.2) is 7.11 Å². The summed E-state index contributed by atoms with van der Waals surface area (Å²) in [6.07, 6.45) is 12.7. The molecule has 0 unspecified atom stereocenters. The summed E-state index contributed by atoms with van der Waals surface area (Å²) < 4.78 is 32.8. The molecule has 4 rings (SSSR count). The Morgan fingerprint density at radius 2 is 1.64 bits per heavy atom. The average molecular weight is 449 g/mol. The van der Waals surface area contributed by atoms with E-state index in [1.165, 1.54) is 67.2 Å². The van der Waals surface area contributed by atoms with Crippen LogP contribution in [0.25, 0.3) is 10.8 Å². The second-order valence-electron chi connectivity index (χ2n) is 9.32. The Hall–Kier alpha value is -2.68. The third-order valence-corrected chi connectivity index (χ3v) is 7.05. The first-order chi connectivity index (χ1) is 16.1. The van der Waals surface area contributed by atoms with Crippen LogP contribution in [0, 0.1) is 17.6 Å². The Balaban J connectivity index is 1.29. The van der Waals surface area contributed by atoms with Gasteiger partial charge >= 0.3 is 0 Å². The van der Waals surface area contributed by atoms with E-state index in [0.717, 1.165) is 6.42 Å². The molecule has 0 saturated heterocycles. The molecule has 0 atom stereocenters. The second-order valence-corrected chi connectivity index (χ2v) is 9.32. The van der Waals surface area contributed by atoms with Gasteiger partial charge in [-0.25, -0.2) is 4.39 Å². The van der Waals surface area contributed by atoms with Crippen LogP contribution in [-0.2, 0) is 12.8 Å². The normalized spacial score (nSPS) is 18.8. The van der Waals surface area contributed by atoms with E-state index in [9.17, 15) is 8.78 Å². The maximum absolute atomic E-state index is 14.1. The van der Waals surface area contributed by atoms with Crippen LogP contribution in [0.15, 0.2) is 60.7 Å². The summed E-state index contributed by atoms with van der Waals surface area (Å²) in [5, 5.41) is 2.69. The largest absolute Gasteiger partial charge is 0.494 e. The van der Waals surface area contributed by atoms with Gasteiger partial charge in [0.1, 0.15) is 0 Å². The molecule has 174 valence electrons. The Kier molecular flexibility index (Phi) is 7.80. The van der Waals surface area contributed by atoms with Crippen LogP contribution in [0.3, 0.4) is 0 Å². The van der Waals surface area contributed by atoms with E-state index < -0.39 is 11.6 Å². The van der Waals surface area contributed by atoms with Gasteiger partial charge in [-0.2, -0.15) is 4.39 Å². The lowest BCUT2D eigenvalue weighted by Gasteiger charge is -2.27. The highest BCUT2D eigenvalue weighted by Crippen LogP contribution is 2.37. The molecule has 1 fully saturated rings. The lowest BCUT2D eigenvalue weighted by molar-refractivity contribution is 0.370. The molecule has 3 heteroatoms. The fourth-order valence-electron chi connectivity index (χ4n) is 5.11. The van der Waals surface area contributed by atoms with Gasteiger partial charge in [-0.1, -0.05) is 68.0 Å². The topological polar surface area (TPSA) is 9.23 Å². The third kappa shape index (κ3) is 5.63. The van der Waals surface area contributed by atoms with Gasteiger partial charge in [-0.3, -0.25) is 0 Å². The van der Waals surface area contributed by atoms with Crippen molar-refractivity contribution in [2.45, 2.75) is 64.2 Å². The van der Waals surface area contributed by atoms with Gasteiger partial charge in [0.05, 0.1) is 7.11 Å². The number of methoxy groups -OCH3 is 1. The summed E-state index contributed by atoms with van der Waals surface area (Å²) in [7, 11) is 1.35. The molecule has 0 radical (unpaired) electrons. The molecule has 1 saturated carbocycles. The molecule has 1 aliphatic carbocycles. The number of hydrogen-bond acceptors (Lipinski definition) is 1. The van der Waals surface area contributed by atoms with Gasteiger partial charge in [-0.15, -0.1) is 0 Å². The van der Waals surface area contributed by atoms with Crippen LogP contribution in [0.2, 0.25) is 0 Å². The average Bonchev–Trinajstić information content (AvgIpc) is 2.84. The number of aryl methyl sites for hydroxylation is 2. The van der Waals surface area contributed by atoms with Crippen LogP contribution in [0.1, 0.15) is 68.1 Å². The monoisotopic (exact) mass is 448 g/mol. The number of benzene rings is 3. The molecular formula is C30H34F2O. The van der Waals surface area contributed by atoms with E-state index in [0.29, 0.717) is 30.2 Å². The zero-order valence-corrected chi connectivity index (χ0v) is 19.7. The molecule has 0 aromatic heterocycles. The summed E-state index contributed by atoms with van der Waals surface area (Å²) in [6.45, 7) is 2.22. The molecular weight excluding hydrogens is 414 g/mol. The maximum atomic E-state index is 14.1. The van der Waals surface area contributed by atoms with Crippen molar-refractivity contribution in [3.63, 3.8) is 0 Å². The molecule has 0 bridgehead atoms. The quantitative estimate of drug-likeness (QED) is 0.314. The summed E-state index contributed by atoms with van der Waals surface area (Å²) in [5.41, 5.74) is 3.29.